The monoisotopic (exact) mass is 638 g/mol. The third kappa shape index (κ3) is 5.43. The van der Waals surface area contributed by atoms with E-state index in [4.69, 9.17) is 0 Å². The van der Waals surface area contributed by atoms with Crippen molar-refractivity contribution in [3.8, 4) is 39.1 Å². The number of fused-ring (bicyclic) bond motifs is 3. The minimum atomic E-state index is 1.10. The highest BCUT2D eigenvalue weighted by atomic mass is 15.1. The zero-order valence-electron chi connectivity index (χ0n) is 27.5. The zero-order valence-corrected chi connectivity index (χ0v) is 27.5. The van der Waals surface area contributed by atoms with E-state index in [0.29, 0.717) is 0 Å². The van der Waals surface area contributed by atoms with Crippen LogP contribution in [0.15, 0.2) is 206 Å². The van der Waals surface area contributed by atoms with E-state index in [1.54, 1.807) is 0 Å². The van der Waals surface area contributed by atoms with Crippen LogP contribution in [-0.4, -0.2) is 4.57 Å². The fourth-order valence-corrected chi connectivity index (χ4v) is 7.16. The van der Waals surface area contributed by atoms with Gasteiger partial charge in [-0.25, -0.2) is 0 Å². The molecule has 9 aromatic rings. The predicted molar refractivity (Wildman–Crippen MR) is 212 cm³/mol. The molecular weight excluding hydrogens is 605 g/mol. The summed E-state index contributed by atoms with van der Waals surface area (Å²) in [4.78, 5) is 2.35. The number of benzene rings is 8. The van der Waals surface area contributed by atoms with Gasteiger partial charge in [0.05, 0.1) is 11.0 Å². The molecule has 0 fully saturated rings. The second-order valence-electron chi connectivity index (χ2n) is 12.6. The summed E-state index contributed by atoms with van der Waals surface area (Å²) >= 11 is 0. The van der Waals surface area contributed by atoms with Crippen LogP contribution in [0.2, 0.25) is 0 Å². The average molecular weight is 639 g/mol. The first kappa shape index (κ1) is 29.5. The summed E-state index contributed by atoms with van der Waals surface area (Å²) in [7, 11) is 0. The van der Waals surface area contributed by atoms with E-state index in [2.05, 4.69) is 216 Å². The van der Waals surface area contributed by atoms with Gasteiger partial charge in [0, 0.05) is 33.5 Å². The first-order chi connectivity index (χ1) is 24.8. The summed E-state index contributed by atoms with van der Waals surface area (Å²) in [5.74, 6) is 0. The van der Waals surface area contributed by atoms with Crippen LogP contribution >= 0.6 is 0 Å². The van der Waals surface area contributed by atoms with Gasteiger partial charge in [-0.3, -0.25) is 0 Å². The summed E-state index contributed by atoms with van der Waals surface area (Å²) in [6.07, 6.45) is 0. The lowest BCUT2D eigenvalue weighted by Crippen LogP contribution is -2.10. The predicted octanol–water partition coefficient (Wildman–Crippen LogP) is 13.3. The molecule has 0 atom stereocenters. The number of nitrogens with zero attached hydrogens (tertiary/aromatic N) is 2. The molecule has 0 N–H and O–H groups in total. The molecule has 0 bridgehead atoms. The summed E-state index contributed by atoms with van der Waals surface area (Å²) in [6.45, 7) is 0. The summed E-state index contributed by atoms with van der Waals surface area (Å²) < 4.78 is 2.38. The van der Waals surface area contributed by atoms with Gasteiger partial charge in [-0.2, -0.15) is 0 Å². The Balaban J connectivity index is 1.11. The minimum Gasteiger partial charge on any atom is -0.310 e. The molecule has 0 radical (unpaired) electrons. The largest absolute Gasteiger partial charge is 0.310 e. The third-order valence-corrected chi connectivity index (χ3v) is 9.59. The minimum absolute atomic E-state index is 1.10. The standard InChI is InChI=1S/C48H34N2/c1-3-13-35(14-4-1)37-25-29-41(30-26-37)49(43-19-11-17-39(33-43)36-15-5-2-6-16-36)42-31-27-38(28-32-42)40-18-12-20-44(34-40)50-47-23-9-7-21-45(47)46-22-8-10-24-48(46)50/h1-34H. The first-order valence-electron chi connectivity index (χ1n) is 17.1. The summed E-state index contributed by atoms with van der Waals surface area (Å²) in [5, 5.41) is 2.54. The van der Waals surface area contributed by atoms with E-state index in [9.17, 15) is 0 Å². The maximum atomic E-state index is 2.38. The Kier molecular flexibility index (Phi) is 7.53. The van der Waals surface area contributed by atoms with Crippen molar-refractivity contribution in [2.45, 2.75) is 0 Å². The van der Waals surface area contributed by atoms with Gasteiger partial charge in [-0.1, -0.05) is 146 Å². The Morgan fingerprint density at radius 1 is 0.280 bits per heavy atom. The Morgan fingerprint density at radius 2 is 0.700 bits per heavy atom. The molecule has 2 nitrogen and oxygen atoms in total. The lowest BCUT2D eigenvalue weighted by Gasteiger charge is -2.26. The van der Waals surface area contributed by atoms with Crippen molar-refractivity contribution < 1.29 is 0 Å². The van der Waals surface area contributed by atoms with E-state index >= 15 is 0 Å². The highest BCUT2D eigenvalue weighted by Gasteiger charge is 2.16. The van der Waals surface area contributed by atoms with Crippen molar-refractivity contribution in [1.29, 1.82) is 0 Å². The molecule has 8 aromatic carbocycles. The highest BCUT2D eigenvalue weighted by Crippen LogP contribution is 2.39. The van der Waals surface area contributed by atoms with Crippen molar-refractivity contribution in [3.05, 3.63) is 206 Å². The molecule has 0 aliphatic heterocycles. The first-order valence-corrected chi connectivity index (χ1v) is 17.1. The van der Waals surface area contributed by atoms with E-state index in [1.807, 2.05) is 0 Å². The number of anilines is 3. The maximum Gasteiger partial charge on any atom is 0.0541 e. The quantitative estimate of drug-likeness (QED) is 0.169. The van der Waals surface area contributed by atoms with E-state index in [-0.39, 0.29) is 0 Å². The van der Waals surface area contributed by atoms with E-state index in [1.165, 1.54) is 55.2 Å². The normalized spacial score (nSPS) is 11.2. The molecule has 0 saturated carbocycles. The van der Waals surface area contributed by atoms with Crippen molar-refractivity contribution >= 4 is 38.9 Å². The van der Waals surface area contributed by atoms with Crippen molar-refractivity contribution in [2.24, 2.45) is 0 Å². The average Bonchev–Trinajstić information content (AvgIpc) is 3.54. The SMILES string of the molecule is c1ccc(-c2ccc(N(c3ccc(-c4cccc(-n5c6ccccc6c6ccccc65)c4)cc3)c3cccc(-c4ccccc4)c3)cc2)cc1. The zero-order chi connectivity index (χ0) is 33.3. The third-order valence-electron chi connectivity index (χ3n) is 9.59. The van der Waals surface area contributed by atoms with Gasteiger partial charge in [0.2, 0.25) is 0 Å². The van der Waals surface area contributed by atoms with Crippen LogP contribution in [0.25, 0.3) is 60.9 Å². The molecular formula is C48H34N2. The van der Waals surface area contributed by atoms with Crippen LogP contribution in [-0.2, 0) is 0 Å². The molecule has 1 heterocycles. The lowest BCUT2D eigenvalue weighted by molar-refractivity contribution is 1.18. The number of hydrogen-bond acceptors (Lipinski definition) is 1. The van der Waals surface area contributed by atoms with E-state index in [0.717, 1.165) is 22.7 Å². The molecule has 0 amide bonds. The van der Waals surface area contributed by atoms with Gasteiger partial charge >= 0.3 is 0 Å². The number of rotatable bonds is 7. The van der Waals surface area contributed by atoms with E-state index < -0.39 is 0 Å². The Bertz CT molecular complexity index is 2510. The van der Waals surface area contributed by atoms with Crippen LogP contribution in [0.1, 0.15) is 0 Å². The Hall–Kier alpha value is -6.64. The molecule has 9 rings (SSSR count). The smallest absolute Gasteiger partial charge is 0.0541 e. The van der Waals surface area contributed by atoms with Crippen LogP contribution in [0.5, 0.6) is 0 Å². The fraction of sp³-hybridized carbons (Fsp3) is 0. The highest BCUT2D eigenvalue weighted by molar-refractivity contribution is 6.09. The molecule has 0 saturated heterocycles. The van der Waals surface area contributed by atoms with Gasteiger partial charge in [-0.15, -0.1) is 0 Å². The van der Waals surface area contributed by atoms with Gasteiger partial charge in [0.1, 0.15) is 0 Å². The number of hydrogen-bond donors (Lipinski definition) is 0. The van der Waals surface area contributed by atoms with Crippen LogP contribution < -0.4 is 4.90 Å². The van der Waals surface area contributed by atoms with Crippen molar-refractivity contribution in [2.75, 3.05) is 4.90 Å². The fourth-order valence-electron chi connectivity index (χ4n) is 7.16. The summed E-state index contributed by atoms with van der Waals surface area (Å²) in [5.41, 5.74) is 14.1. The molecule has 236 valence electrons. The van der Waals surface area contributed by atoms with Gasteiger partial charge in [0.15, 0.2) is 0 Å². The molecule has 0 aliphatic carbocycles. The molecule has 0 aliphatic rings. The topological polar surface area (TPSA) is 8.17 Å². The van der Waals surface area contributed by atoms with Crippen molar-refractivity contribution in [1.82, 2.24) is 4.57 Å². The molecule has 0 unspecified atom stereocenters. The van der Waals surface area contributed by atoms with Gasteiger partial charge < -0.3 is 9.47 Å². The summed E-state index contributed by atoms with van der Waals surface area (Å²) in [6, 6.07) is 74.0. The second-order valence-corrected chi connectivity index (χ2v) is 12.6. The molecule has 2 heteroatoms. The van der Waals surface area contributed by atoms with Gasteiger partial charge in [-0.05, 0) is 94.0 Å². The second kappa shape index (κ2) is 12.8. The van der Waals surface area contributed by atoms with Crippen molar-refractivity contribution in [3.63, 3.8) is 0 Å². The molecule has 50 heavy (non-hydrogen) atoms. The van der Waals surface area contributed by atoms with Gasteiger partial charge in [0.25, 0.3) is 0 Å². The van der Waals surface area contributed by atoms with Crippen LogP contribution in [0.4, 0.5) is 17.1 Å². The number of aromatic nitrogens is 1. The number of para-hydroxylation sites is 2. The van der Waals surface area contributed by atoms with Crippen LogP contribution in [0, 0.1) is 0 Å². The Morgan fingerprint density at radius 3 is 1.28 bits per heavy atom. The molecule has 1 aromatic heterocycles. The maximum absolute atomic E-state index is 2.38. The molecule has 0 spiro atoms. The lowest BCUT2D eigenvalue weighted by atomic mass is 10.0. The van der Waals surface area contributed by atoms with Crippen LogP contribution in [0.3, 0.4) is 0 Å². The Labute approximate surface area is 292 Å².